The smallest absolute Gasteiger partial charge is 0.251 e. The van der Waals surface area contributed by atoms with Crippen molar-refractivity contribution < 1.29 is 9.59 Å². The summed E-state index contributed by atoms with van der Waals surface area (Å²) in [7, 11) is 1.65. The maximum Gasteiger partial charge on any atom is 0.251 e. The van der Waals surface area contributed by atoms with Gasteiger partial charge in [-0.2, -0.15) is 0 Å². The maximum absolute atomic E-state index is 13.1. The summed E-state index contributed by atoms with van der Waals surface area (Å²) in [5.74, 6) is 0.822. The van der Waals surface area contributed by atoms with Crippen LogP contribution < -0.4 is 10.2 Å². The van der Waals surface area contributed by atoms with Crippen LogP contribution >= 0.6 is 0 Å². The molecule has 0 saturated carbocycles. The molecule has 1 aromatic rings. The second kappa shape index (κ2) is 8.96. The summed E-state index contributed by atoms with van der Waals surface area (Å²) in [5, 5.41) is 2.66. The lowest BCUT2D eigenvalue weighted by atomic mass is 9.92. The van der Waals surface area contributed by atoms with E-state index in [4.69, 9.17) is 0 Å². The van der Waals surface area contributed by atoms with Gasteiger partial charge in [0.15, 0.2) is 0 Å². The van der Waals surface area contributed by atoms with E-state index >= 15 is 0 Å². The van der Waals surface area contributed by atoms with Gasteiger partial charge in [0.1, 0.15) is 0 Å². The average molecular weight is 413 g/mol. The Bertz CT molecular complexity index is 741. The number of hydrogen-bond acceptors (Lipinski definition) is 4. The highest BCUT2D eigenvalue weighted by Crippen LogP contribution is 2.33. The first kappa shape index (κ1) is 21.2. The molecule has 0 spiro atoms. The Labute approximate surface area is 180 Å². The number of amides is 2. The third-order valence-corrected chi connectivity index (χ3v) is 7.33. The number of benzene rings is 1. The summed E-state index contributed by atoms with van der Waals surface area (Å²) in [6.07, 6.45) is 5.17. The first-order valence-electron chi connectivity index (χ1n) is 11.6. The number of fused-ring (bicyclic) bond motifs is 2. The van der Waals surface area contributed by atoms with Crippen molar-refractivity contribution in [1.82, 2.24) is 15.1 Å². The van der Waals surface area contributed by atoms with E-state index in [9.17, 15) is 9.59 Å². The van der Waals surface area contributed by atoms with Crippen LogP contribution in [0.2, 0.25) is 0 Å². The van der Waals surface area contributed by atoms with Gasteiger partial charge in [0.2, 0.25) is 5.91 Å². The van der Waals surface area contributed by atoms with Crippen molar-refractivity contribution in [3.05, 3.63) is 29.8 Å². The molecule has 2 bridgehead atoms. The Balaban J connectivity index is 1.28. The van der Waals surface area contributed by atoms with Gasteiger partial charge in [-0.15, -0.1) is 0 Å². The predicted octanol–water partition coefficient (Wildman–Crippen LogP) is 2.74. The lowest BCUT2D eigenvalue weighted by Gasteiger charge is -2.43. The van der Waals surface area contributed by atoms with Crippen molar-refractivity contribution in [3.63, 3.8) is 0 Å². The Morgan fingerprint density at radius 1 is 1.00 bits per heavy atom. The largest absolute Gasteiger partial charge is 0.372 e. The van der Waals surface area contributed by atoms with Gasteiger partial charge in [0.05, 0.1) is 0 Å². The minimum absolute atomic E-state index is 0.0537. The van der Waals surface area contributed by atoms with Crippen LogP contribution in [0.3, 0.4) is 0 Å². The molecule has 2 amide bonds. The molecule has 0 aromatic heterocycles. The van der Waals surface area contributed by atoms with Crippen LogP contribution in [0.25, 0.3) is 0 Å². The molecule has 6 heteroatoms. The van der Waals surface area contributed by atoms with Gasteiger partial charge < -0.3 is 15.1 Å². The van der Waals surface area contributed by atoms with E-state index < -0.39 is 0 Å². The van der Waals surface area contributed by atoms with Crippen LogP contribution in [0.15, 0.2) is 24.3 Å². The van der Waals surface area contributed by atoms with Gasteiger partial charge in [-0.3, -0.25) is 14.5 Å². The number of anilines is 1. The Kier molecular flexibility index (Phi) is 6.32. The number of nitrogens with zero attached hydrogens (tertiary/aromatic N) is 3. The van der Waals surface area contributed by atoms with Gasteiger partial charge in [-0.1, -0.05) is 0 Å². The number of carbonyl (C=O) groups is 2. The Morgan fingerprint density at radius 3 is 2.13 bits per heavy atom. The van der Waals surface area contributed by atoms with Crippen molar-refractivity contribution in [2.24, 2.45) is 5.92 Å². The summed E-state index contributed by atoms with van der Waals surface area (Å²) < 4.78 is 0. The molecule has 0 aliphatic carbocycles. The van der Waals surface area contributed by atoms with Crippen molar-refractivity contribution in [2.75, 3.05) is 38.1 Å². The highest BCUT2D eigenvalue weighted by atomic mass is 16.2. The summed E-state index contributed by atoms with van der Waals surface area (Å²) in [6.45, 7) is 8.57. The number of hydrogen-bond donors (Lipinski definition) is 1. The summed E-state index contributed by atoms with van der Waals surface area (Å²) in [6, 6.07) is 9.26. The van der Waals surface area contributed by atoms with Crippen LogP contribution in [-0.2, 0) is 4.79 Å². The first-order chi connectivity index (χ1) is 14.5. The zero-order valence-electron chi connectivity index (χ0n) is 18.6. The van der Waals surface area contributed by atoms with E-state index in [0.717, 1.165) is 44.7 Å². The fourth-order valence-electron chi connectivity index (χ4n) is 5.48. The molecular formula is C24H36N4O2. The maximum atomic E-state index is 13.1. The highest BCUT2D eigenvalue weighted by Gasteiger charge is 2.43. The molecule has 0 radical (unpaired) electrons. The van der Waals surface area contributed by atoms with Crippen molar-refractivity contribution in [3.8, 4) is 0 Å². The molecule has 3 saturated heterocycles. The molecule has 3 heterocycles. The number of nitrogens with one attached hydrogen (secondary N) is 1. The third-order valence-electron chi connectivity index (χ3n) is 7.33. The lowest BCUT2D eigenvalue weighted by molar-refractivity contribution is -0.138. The van der Waals surface area contributed by atoms with E-state index in [1.54, 1.807) is 7.05 Å². The van der Waals surface area contributed by atoms with Gasteiger partial charge in [0, 0.05) is 69.0 Å². The molecule has 2 unspecified atom stereocenters. The zero-order chi connectivity index (χ0) is 21.3. The van der Waals surface area contributed by atoms with Crippen LogP contribution in [0, 0.1) is 5.92 Å². The molecule has 164 valence electrons. The van der Waals surface area contributed by atoms with Crippen molar-refractivity contribution in [1.29, 1.82) is 0 Å². The molecule has 6 nitrogen and oxygen atoms in total. The molecular weight excluding hydrogens is 376 g/mol. The minimum atomic E-state index is -0.0537. The predicted molar refractivity (Wildman–Crippen MR) is 120 cm³/mol. The van der Waals surface area contributed by atoms with Crippen molar-refractivity contribution >= 4 is 17.5 Å². The van der Waals surface area contributed by atoms with E-state index in [1.165, 1.54) is 12.8 Å². The summed E-state index contributed by atoms with van der Waals surface area (Å²) >= 11 is 0. The highest BCUT2D eigenvalue weighted by molar-refractivity contribution is 5.94. The number of carbonyl (C=O) groups excluding carboxylic acids is 2. The lowest BCUT2D eigenvalue weighted by Crippen LogP contribution is -2.57. The Morgan fingerprint density at radius 2 is 1.60 bits per heavy atom. The van der Waals surface area contributed by atoms with Crippen LogP contribution in [-0.4, -0.2) is 73.0 Å². The normalized spacial score (nSPS) is 25.1. The topological polar surface area (TPSA) is 55.9 Å². The number of likely N-dealkylation sites (tertiary alicyclic amines) is 1. The number of rotatable bonds is 5. The first-order valence-corrected chi connectivity index (χ1v) is 11.6. The van der Waals surface area contributed by atoms with E-state index in [0.29, 0.717) is 41.9 Å². The molecule has 3 fully saturated rings. The molecule has 1 aromatic carbocycles. The SMILES string of the molecule is CNC(=O)c1ccc(N2CCC(CC(=O)N3C4CCC3CN(C(C)C)C4)CC2)cc1. The van der Waals surface area contributed by atoms with Crippen LogP contribution in [0.5, 0.6) is 0 Å². The van der Waals surface area contributed by atoms with Crippen LogP contribution in [0.4, 0.5) is 5.69 Å². The Hall–Kier alpha value is -2.08. The number of piperazine rings is 1. The van der Waals surface area contributed by atoms with Gasteiger partial charge >= 0.3 is 0 Å². The molecule has 4 rings (SSSR count). The standard InChI is InChI=1S/C24H36N4O2/c1-17(2)27-15-21-8-9-22(16-27)28(21)23(29)14-18-10-12-26(13-11-18)20-6-4-19(5-7-20)24(30)25-3/h4-7,17-18,21-22H,8-16H2,1-3H3,(H,25,30). The molecule has 3 aliphatic heterocycles. The quantitative estimate of drug-likeness (QED) is 0.808. The fraction of sp³-hybridized carbons (Fsp3) is 0.667. The zero-order valence-corrected chi connectivity index (χ0v) is 18.6. The number of piperidine rings is 1. The second-order valence-corrected chi connectivity index (χ2v) is 9.49. The molecule has 30 heavy (non-hydrogen) atoms. The van der Waals surface area contributed by atoms with Crippen molar-refractivity contribution in [2.45, 2.75) is 64.1 Å². The second-order valence-electron chi connectivity index (χ2n) is 9.49. The van der Waals surface area contributed by atoms with E-state index in [2.05, 4.69) is 33.9 Å². The molecule has 2 atom stereocenters. The van der Waals surface area contributed by atoms with Gasteiger partial charge in [-0.05, 0) is 69.7 Å². The minimum Gasteiger partial charge on any atom is -0.372 e. The van der Waals surface area contributed by atoms with Gasteiger partial charge in [0.25, 0.3) is 5.91 Å². The van der Waals surface area contributed by atoms with Crippen LogP contribution in [0.1, 0.15) is 56.3 Å². The fourth-order valence-corrected chi connectivity index (χ4v) is 5.48. The summed E-state index contributed by atoms with van der Waals surface area (Å²) in [4.78, 5) is 32.0. The average Bonchev–Trinajstić information content (AvgIpc) is 3.03. The summed E-state index contributed by atoms with van der Waals surface area (Å²) in [5.41, 5.74) is 1.85. The third kappa shape index (κ3) is 4.34. The van der Waals surface area contributed by atoms with E-state index in [1.807, 2.05) is 24.3 Å². The molecule has 3 aliphatic rings. The monoisotopic (exact) mass is 412 g/mol. The van der Waals surface area contributed by atoms with E-state index in [-0.39, 0.29) is 5.91 Å². The molecule has 1 N–H and O–H groups in total. The van der Waals surface area contributed by atoms with Gasteiger partial charge in [-0.25, -0.2) is 0 Å².